The van der Waals surface area contributed by atoms with E-state index in [1.165, 1.54) is 11.8 Å². The maximum atomic E-state index is 12.4. The molecule has 1 amide bonds. The van der Waals surface area contributed by atoms with Gasteiger partial charge < -0.3 is 14.6 Å². The van der Waals surface area contributed by atoms with Crippen LogP contribution in [0.4, 0.5) is 5.69 Å². The fourth-order valence-electron chi connectivity index (χ4n) is 3.03. The molecule has 3 aromatic rings. The average Bonchev–Trinajstić information content (AvgIpc) is 3.07. The molecule has 3 rings (SSSR count). The predicted molar refractivity (Wildman–Crippen MR) is 121 cm³/mol. The van der Waals surface area contributed by atoms with E-state index in [4.69, 9.17) is 4.74 Å². The first-order chi connectivity index (χ1) is 14.3. The first-order valence-electron chi connectivity index (χ1n) is 9.95. The van der Waals surface area contributed by atoms with Crippen LogP contribution in [0.15, 0.2) is 47.6 Å². The van der Waals surface area contributed by atoms with Gasteiger partial charge in [0.15, 0.2) is 11.0 Å². The van der Waals surface area contributed by atoms with Gasteiger partial charge in [-0.2, -0.15) is 0 Å². The van der Waals surface area contributed by atoms with E-state index < -0.39 is 0 Å². The number of carbonyl (C=O) groups excluding carboxylic acids is 1. The molecular weight excluding hydrogens is 396 g/mol. The topological polar surface area (TPSA) is 69.0 Å². The number of aryl methyl sites for hydroxylation is 2. The molecule has 158 valence electrons. The lowest BCUT2D eigenvalue weighted by Gasteiger charge is -2.13. The van der Waals surface area contributed by atoms with Crippen LogP contribution in [0.5, 0.6) is 5.75 Å². The smallest absolute Gasteiger partial charge is 0.234 e. The molecule has 1 heterocycles. The number of para-hydroxylation sites is 1. The average molecular weight is 425 g/mol. The SMILES string of the molecule is Cc1ccc(C)c(OCc2nnc(SCC(=O)Nc3ccccc3C(C)C)n2C)c1. The number of thioether (sulfide) groups is 1. The van der Waals surface area contributed by atoms with Crippen LogP contribution >= 0.6 is 11.8 Å². The number of hydrogen-bond acceptors (Lipinski definition) is 5. The second-order valence-electron chi connectivity index (χ2n) is 7.59. The van der Waals surface area contributed by atoms with E-state index >= 15 is 0 Å². The van der Waals surface area contributed by atoms with Crippen molar-refractivity contribution in [3.8, 4) is 5.75 Å². The van der Waals surface area contributed by atoms with Crippen molar-refractivity contribution in [2.45, 2.75) is 45.4 Å². The molecule has 0 atom stereocenters. The molecule has 0 radical (unpaired) electrons. The number of benzene rings is 2. The summed E-state index contributed by atoms with van der Waals surface area (Å²) in [5.41, 5.74) is 4.21. The summed E-state index contributed by atoms with van der Waals surface area (Å²) >= 11 is 1.36. The molecule has 0 saturated carbocycles. The van der Waals surface area contributed by atoms with Crippen LogP contribution in [-0.4, -0.2) is 26.4 Å². The molecule has 0 aliphatic heterocycles. The van der Waals surface area contributed by atoms with Crippen LogP contribution in [0.25, 0.3) is 0 Å². The zero-order valence-electron chi connectivity index (χ0n) is 18.1. The van der Waals surface area contributed by atoms with Crippen LogP contribution < -0.4 is 10.1 Å². The molecule has 0 saturated heterocycles. The zero-order valence-corrected chi connectivity index (χ0v) is 18.9. The third-order valence-corrected chi connectivity index (χ3v) is 5.83. The number of nitrogens with zero attached hydrogens (tertiary/aromatic N) is 3. The number of nitrogens with one attached hydrogen (secondary N) is 1. The maximum absolute atomic E-state index is 12.4. The Hall–Kier alpha value is -2.80. The summed E-state index contributed by atoms with van der Waals surface area (Å²) in [6, 6.07) is 14.0. The van der Waals surface area contributed by atoms with Crippen molar-refractivity contribution in [3.63, 3.8) is 0 Å². The molecule has 0 aliphatic rings. The van der Waals surface area contributed by atoms with E-state index in [0.717, 1.165) is 28.1 Å². The fourth-order valence-corrected chi connectivity index (χ4v) is 3.76. The Morgan fingerprint density at radius 1 is 1.17 bits per heavy atom. The Labute approximate surface area is 182 Å². The summed E-state index contributed by atoms with van der Waals surface area (Å²) in [5, 5.41) is 12.1. The van der Waals surface area contributed by atoms with Crippen molar-refractivity contribution >= 4 is 23.4 Å². The van der Waals surface area contributed by atoms with E-state index in [9.17, 15) is 4.79 Å². The first-order valence-corrected chi connectivity index (χ1v) is 10.9. The van der Waals surface area contributed by atoms with Crippen molar-refractivity contribution in [1.29, 1.82) is 0 Å². The van der Waals surface area contributed by atoms with Crippen molar-refractivity contribution in [1.82, 2.24) is 14.8 Å². The number of aromatic nitrogens is 3. The van der Waals surface area contributed by atoms with E-state index in [1.54, 1.807) is 0 Å². The summed E-state index contributed by atoms with van der Waals surface area (Å²) in [4.78, 5) is 12.4. The Balaban J connectivity index is 1.57. The standard InChI is InChI=1S/C23H28N4O2S/c1-15(2)18-8-6-7-9-19(18)24-22(28)14-30-23-26-25-21(27(23)5)13-29-20-12-16(3)10-11-17(20)4/h6-12,15H,13-14H2,1-5H3,(H,24,28). The van der Waals surface area contributed by atoms with Crippen LogP contribution in [0.1, 0.15) is 42.3 Å². The number of carbonyl (C=O) groups is 1. The van der Waals surface area contributed by atoms with Crippen LogP contribution in [0.3, 0.4) is 0 Å². The largest absolute Gasteiger partial charge is 0.485 e. The Morgan fingerprint density at radius 2 is 1.93 bits per heavy atom. The molecule has 0 aliphatic carbocycles. The third-order valence-electron chi connectivity index (χ3n) is 4.81. The lowest BCUT2D eigenvalue weighted by Crippen LogP contribution is -2.16. The van der Waals surface area contributed by atoms with Gasteiger partial charge in [-0.3, -0.25) is 4.79 Å². The minimum Gasteiger partial charge on any atom is -0.485 e. The predicted octanol–water partition coefficient (Wildman–Crippen LogP) is 4.87. The summed E-state index contributed by atoms with van der Waals surface area (Å²) in [5.74, 6) is 2.09. The van der Waals surface area contributed by atoms with Crippen molar-refractivity contribution in [3.05, 3.63) is 65.0 Å². The van der Waals surface area contributed by atoms with Gasteiger partial charge >= 0.3 is 0 Å². The van der Waals surface area contributed by atoms with Crippen molar-refractivity contribution in [2.24, 2.45) is 7.05 Å². The first kappa shape index (κ1) is 21.9. The maximum Gasteiger partial charge on any atom is 0.234 e. The van der Waals surface area contributed by atoms with Gasteiger partial charge in [0.05, 0.1) is 5.75 Å². The molecule has 0 fully saturated rings. The van der Waals surface area contributed by atoms with E-state index in [0.29, 0.717) is 23.5 Å². The fraction of sp³-hybridized carbons (Fsp3) is 0.348. The van der Waals surface area contributed by atoms with E-state index in [-0.39, 0.29) is 11.7 Å². The molecule has 6 nitrogen and oxygen atoms in total. The molecule has 30 heavy (non-hydrogen) atoms. The van der Waals surface area contributed by atoms with Gasteiger partial charge in [0.25, 0.3) is 0 Å². The summed E-state index contributed by atoms with van der Waals surface area (Å²) in [6.45, 7) is 8.60. The van der Waals surface area contributed by atoms with Gasteiger partial charge in [-0.1, -0.05) is 55.9 Å². The quantitative estimate of drug-likeness (QED) is 0.523. The number of hydrogen-bond donors (Lipinski definition) is 1. The number of ether oxygens (including phenoxy) is 1. The second kappa shape index (κ2) is 9.80. The van der Waals surface area contributed by atoms with Crippen LogP contribution in [-0.2, 0) is 18.4 Å². The lowest BCUT2D eigenvalue weighted by molar-refractivity contribution is -0.113. The summed E-state index contributed by atoms with van der Waals surface area (Å²) in [6.07, 6.45) is 0. The highest BCUT2D eigenvalue weighted by Gasteiger charge is 2.14. The Morgan fingerprint density at radius 3 is 2.70 bits per heavy atom. The molecule has 2 aromatic carbocycles. The molecule has 1 N–H and O–H groups in total. The number of rotatable bonds is 8. The minimum atomic E-state index is -0.0655. The highest BCUT2D eigenvalue weighted by Crippen LogP contribution is 2.25. The zero-order chi connectivity index (χ0) is 21.7. The third kappa shape index (κ3) is 5.42. The van der Waals surface area contributed by atoms with Gasteiger partial charge in [-0.15, -0.1) is 10.2 Å². The van der Waals surface area contributed by atoms with E-state index in [1.807, 2.05) is 61.9 Å². The highest BCUT2D eigenvalue weighted by atomic mass is 32.2. The summed E-state index contributed by atoms with van der Waals surface area (Å²) in [7, 11) is 1.89. The van der Waals surface area contributed by atoms with Gasteiger partial charge in [0, 0.05) is 12.7 Å². The molecule has 1 aromatic heterocycles. The van der Waals surface area contributed by atoms with Gasteiger partial charge in [0.2, 0.25) is 5.91 Å². The lowest BCUT2D eigenvalue weighted by atomic mass is 10.0. The molecule has 0 bridgehead atoms. The van der Waals surface area contributed by atoms with Crippen molar-refractivity contribution in [2.75, 3.05) is 11.1 Å². The van der Waals surface area contributed by atoms with Crippen molar-refractivity contribution < 1.29 is 9.53 Å². The van der Waals surface area contributed by atoms with Crippen LogP contribution in [0.2, 0.25) is 0 Å². The van der Waals surface area contributed by atoms with Gasteiger partial charge in [-0.05, 0) is 48.6 Å². The van der Waals surface area contributed by atoms with Gasteiger partial charge in [-0.25, -0.2) is 0 Å². The Kier molecular flexibility index (Phi) is 7.15. The normalized spacial score (nSPS) is 11.0. The number of amides is 1. The summed E-state index contributed by atoms with van der Waals surface area (Å²) < 4.78 is 7.79. The molecule has 7 heteroatoms. The van der Waals surface area contributed by atoms with E-state index in [2.05, 4.69) is 35.4 Å². The van der Waals surface area contributed by atoms with Crippen LogP contribution in [0, 0.1) is 13.8 Å². The second-order valence-corrected chi connectivity index (χ2v) is 8.54. The molecule has 0 spiro atoms. The van der Waals surface area contributed by atoms with Gasteiger partial charge in [0.1, 0.15) is 12.4 Å². The molecular formula is C23H28N4O2S. The number of anilines is 1. The minimum absolute atomic E-state index is 0.0655. The highest BCUT2D eigenvalue weighted by molar-refractivity contribution is 7.99. The Bertz CT molecular complexity index is 1030. The molecule has 0 unspecified atom stereocenters. The monoisotopic (exact) mass is 424 g/mol.